The molecule has 0 amide bonds. The highest BCUT2D eigenvalue weighted by Gasteiger charge is 2.33. The van der Waals surface area contributed by atoms with Crippen molar-refractivity contribution in [3.63, 3.8) is 0 Å². The minimum Gasteiger partial charge on any atom is -0.454 e. The summed E-state index contributed by atoms with van der Waals surface area (Å²) in [5, 5.41) is 12.9. The zero-order valence-electron chi connectivity index (χ0n) is 50.0. The van der Waals surface area contributed by atoms with Gasteiger partial charge in [0.2, 0.25) is 0 Å². The summed E-state index contributed by atoms with van der Waals surface area (Å²) in [6.45, 7) is 15.0. The Hall–Kier alpha value is -11.3. The van der Waals surface area contributed by atoms with Gasteiger partial charge < -0.3 is 27.4 Å². The van der Waals surface area contributed by atoms with Crippen LogP contribution in [0.3, 0.4) is 0 Å². The average Bonchev–Trinajstić information content (AvgIpc) is 1.51. The first-order valence-electron chi connectivity index (χ1n) is 30.7. The highest BCUT2D eigenvalue weighted by Crippen LogP contribution is 2.56. The Morgan fingerprint density at radius 3 is 1.36 bits per heavy atom. The Morgan fingerprint density at radius 2 is 0.843 bits per heavy atom. The lowest BCUT2D eigenvalue weighted by atomic mass is 9.89. The molecule has 0 bridgehead atoms. The van der Waals surface area contributed by atoms with E-state index < -0.39 is 0 Å². The predicted octanol–water partition coefficient (Wildman–Crippen LogP) is 23.8. The number of allylic oxidation sites excluding steroid dienone is 1. The third kappa shape index (κ3) is 7.02. The van der Waals surface area contributed by atoms with Crippen molar-refractivity contribution in [2.24, 2.45) is 0 Å². The van der Waals surface area contributed by atoms with Crippen LogP contribution in [0.2, 0.25) is 0 Å². The van der Waals surface area contributed by atoms with Gasteiger partial charge in [0.1, 0.15) is 11.3 Å². The van der Waals surface area contributed by atoms with E-state index in [2.05, 4.69) is 296 Å². The van der Waals surface area contributed by atoms with Crippen molar-refractivity contribution in [1.29, 1.82) is 0 Å². The van der Waals surface area contributed by atoms with E-state index in [0.29, 0.717) is 0 Å². The first kappa shape index (κ1) is 50.9. The Kier molecular flexibility index (Phi) is 10.9. The number of hydrogen-bond acceptors (Lipinski definition) is 4. The fraction of sp³-hybridized carbons (Fsp3) is 0.0602. The van der Waals surface area contributed by atoms with Crippen molar-refractivity contribution in [2.45, 2.75) is 34.6 Å². The van der Waals surface area contributed by atoms with Crippen molar-refractivity contribution in [3.05, 3.63) is 277 Å². The second-order valence-corrected chi connectivity index (χ2v) is 24.0. The van der Waals surface area contributed by atoms with Gasteiger partial charge in [-0.05, 0) is 129 Å². The van der Waals surface area contributed by atoms with Crippen molar-refractivity contribution >= 4 is 155 Å². The van der Waals surface area contributed by atoms with Crippen molar-refractivity contribution in [1.82, 2.24) is 8.80 Å². The van der Waals surface area contributed by atoms with Crippen LogP contribution < -0.4 is 9.80 Å². The summed E-state index contributed by atoms with van der Waals surface area (Å²) in [5.74, 6) is 0.757. The van der Waals surface area contributed by atoms with Crippen molar-refractivity contribution < 1.29 is 8.83 Å². The number of furan rings is 2. The molecule has 0 unspecified atom stereocenters. The minimum atomic E-state index is 0.757. The summed E-state index contributed by atoms with van der Waals surface area (Å²) < 4.78 is 19.0. The van der Waals surface area contributed by atoms with Crippen molar-refractivity contribution in [3.8, 4) is 22.3 Å². The maximum atomic E-state index is 6.88. The van der Waals surface area contributed by atoms with Crippen molar-refractivity contribution in [2.75, 3.05) is 9.80 Å². The first-order valence-corrected chi connectivity index (χ1v) is 30.7. The molecule has 89 heavy (non-hydrogen) atoms. The van der Waals surface area contributed by atoms with Gasteiger partial charge in [0, 0.05) is 98.7 Å². The van der Waals surface area contributed by atoms with Gasteiger partial charge in [-0.3, -0.25) is 0 Å². The molecule has 12 aromatic carbocycles. The first-order chi connectivity index (χ1) is 43.8. The van der Waals surface area contributed by atoms with Crippen LogP contribution in [-0.4, -0.2) is 8.80 Å². The molecule has 6 heteroatoms. The van der Waals surface area contributed by atoms with Gasteiger partial charge in [-0.2, -0.15) is 0 Å². The van der Waals surface area contributed by atoms with E-state index in [1.807, 2.05) is 13.0 Å². The fourth-order valence-corrected chi connectivity index (χ4v) is 15.3. The topological polar surface area (TPSA) is 41.6 Å². The van der Waals surface area contributed by atoms with Gasteiger partial charge in [-0.25, -0.2) is 0 Å². The van der Waals surface area contributed by atoms with Gasteiger partial charge in [0.25, 0.3) is 0 Å². The molecule has 18 aromatic rings. The predicted molar refractivity (Wildman–Crippen MR) is 377 cm³/mol. The highest BCUT2D eigenvalue weighted by atomic mass is 16.3. The molecule has 0 radical (unpaired) electrons. The van der Waals surface area contributed by atoms with Crippen LogP contribution in [0, 0.1) is 27.7 Å². The van der Waals surface area contributed by atoms with Crippen LogP contribution in [0.25, 0.3) is 144 Å². The summed E-state index contributed by atoms with van der Waals surface area (Å²) in [4.78, 5) is 4.84. The molecular formula is C83H58N4O2. The van der Waals surface area contributed by atoms with Crippen LogP contribution in [0.1, 0.15) is 40.5 Å². The summed E-state index contributed by atoms with van der Waals surface area (Å²) in [6.07, 6.45) is 6.02. The van der Waals surface area contributed by atoms with E-state index in [9.17, 15) is 0 Å². The molecule has 0 aliphatic carbocycles. The average molecular weight is 1140 g/mol. The molecule has 6 aromatic heterocycles. The summed E-state index contributed by atoms with van der Waals surface area (Å²) in [6, 6.07) is 85.1. The Labute approximate surface area is 513 Å². The minimum absolute atomic E-state index is 0.757. The lowest BCUT2D eigenvalue weighted by Crippen LogP contribution is -2.13. The van der Waals surface area contributed by atoms with E-state index in [1.54, 1.807) is 0 Å². The van der Waals surface area contributed by atoms with E-state index in [4.69, 9.17) is 8.83 Å². The van der Waals surface area contributed by atoms with E-state index in [-0.39, 0.29) is 0 Å². The van der Waals surface area contributed by atoms with Gasteiger partial charge in [-0.1, -0.05) is 195 Å². The molecule has 0 N–H and O–H groups in total. The molecule has 0 fully saturated rings. The highest BCUT2D eigenvalue weighted by molar-refractivity contribution is 6.38. The standard InChI is InChI=1S/C83H58N4O2/c1-7-23-56-60-42-38-50(5)76(82(60)88-70(56)8-2)84(66-35-18-15-24-48(66)3)54-40-44-68-64(46-54)58-31-21-33-62-74-73(53-28-13-10-14-29-53)81-75(72(52-26-11-9-12-27-52)80(74)86(68)78(58)62)63-34-22-32-59-65-47-55(41-45-69(65)87(81)79(59)63)85(67-36-19-16-25-49(67)4)77-51(6)39-43-61-57-30-17-20-37-71(57)89-83(61)77/h7-47H,2H2,1,3-6H3/b23-7-. The number of benzene rings is 12. The van der Waals surface area contributed by atoms with Crippen LogP contribution in [0.4, 0.5) is 34.1 Å². The SMILES string of the molecule is C=Cc1oc2c(N(c3ccc4c(c3)c3cccc5c6c(-c7ccccc7)c7c(c(-c8ccccc8)c6n4c35)c3cccc4c5cc(N(c6ccccc6C)c6c(C)ccc8c6oc6ccccc68)ccc5n7c43)c3ccccc3C)c(C)ccc2c1/C=C\C. The zero-order valence-corrected chi connectivity index (χ0v) is 50.0. The molecule has 0 saturated carbocycles. The van der Waals surface area contributed by atoms with Crippen LogP contribution in [0.15, 0.2) is 252 Å². The van der Waals surface area contributed by atoms with Crippen LogP contribution >= 0.6 is 0 Å². The van der Waals surface area contributed by atoms with Gasteiger partial charge >= 0.3 is 0 Å². The van der Waals surface area contributed by atoms with Crippen LogP contribution in [0.5, 0.6) is 0 Å². The normalized spacial score (nSPS) is 12.3. The molecule has 0 atom stereocenters. The molecule has 0 aliphatic heterocycles. The Balaban J connectivity index is 0.944. The van der Waals surface area contributed by atoms with E-state index in [0.717, 1.165) is 106 Å². The summed E-state index contributed by atoms with van der Waals surface area (Å²) in [7, 11) is 0. The van der Waals surface area contributed by atoms with Crippen LogP contribution in [-0.2, 0) is 0 Å². The molecule has 0 aliphatic rings. The van der Waals surface area contributed by atoms with E-state index >= 15 is 0 Å². The molecule has 18 rings (SSSR count). The molecular weight excluding hydrogens is 1080 g/mol. The van der Waals surface area contributed by atoms with Gasteiger partial charge in [0.05, 0.1) is 44.5 Å². The third-order valence-corrected chi connectivity index (χ3v) is 19.1. The quantitative estimate of drug-likeness (QED) is 0.137. The lowest BCUT2D eigenvalue weighted by Gasteiger charge is -2.28. The summed E-state index contributed by atoms with van der Waals surface area (Å²) >= 11 is 0. The molecule has 0 saturated heterocycles. The largest absolute Gasteiger partial charge is 0.454 e. The number of aromatic nitrogens is 2. The Bertz CT molecular complexity index is 6010. The van der Waals surface area contributed by atoms with Gasteiger partial charge in [0.15, 0.2) is 11.2 Å². The second kappa shape index (κ2) is 19.1. The van der Waals surface area contributed by atoms with E-state index in [1.165, 1.54) is 93.0 Å². The second-order valence-electron chi connectivity index (χ2n) is 24.0. The number of para-hydroxylation sites is 5. The monoisotopic (exact) mass is 1140 g/mol. The number of nitrogens with zero attached hydrogens (tertiary/aromatic N) is 4. The number of fused-ring (bicyclic) bond motifs is 16. The lowest BCUT2D eigenvalue weighted by molar-refractivity contribution is 0.603. The molecule has 6 nitrogen and oxygen atoms in total. The number of hydrogen-bond donors (Lipinski definition) is 0. The molecule has 422 valence electrons. The number of rotatable bonds is 10. The van der Waals surface area contributed by atoms with Gasteiger partial charge in [-0.15, -0.1) is 0 Å². The zero-order chi connectivity index (χ0) is 59.5. The third-order valence-electron chi connectivity index (χ3n) is 19.1. The summed E-state index contributed by atoms with van der Waals surface area (Å²) in [5.41, 5.74) is 26.4. The maximum absolute atomic E-state index is 6.88. The maximum Gasteiger partial charge on any atom is 0.159 e. The molecule has 6 heterocycles. The fourth-order valence-electron chi connectivity index (χ4n) is 15.3. The number of anilines is 6. The smallest absolute Gasteiger partial charge is 0.159 e. The number of aryl methyl sites for hydroxylation is 4. The Morgan fingerprint density at radius 1 is 0.382 bits per heavy atom. The molecule has 0 spiro atoms.